The van der Waals surface area contributed by atoms with Crippen LogP contribution in [0.3, 0.4) is 0 Å². The summed E-state index contributed by atoms with van der Waals surface area (Å²) in [6.45, 7) is 10.4. The molecule has 0 bridgehead atoms. The van der Waals surface area contributed by atoms with Crippen LogP contribution in [-0.2, 0) is 57.0 Å². The van der Waals surface area contributed by atoms with Gasteiger partial charge in [-0.25, -0.2) is 14.4 Å². The maximum Gasteiger partial charge on any atom is 0.315 e. The SMILES string of the molecule is CC1NC(=O)NC1CSCCCCCC(=O)NCCCOCCOCCOCCCNC(=O)c1cc(C(=O)NCCCOCCOCCOCCNC(=O)CCCCC2SCC3NC(=O)NC32)cc(C(=O)NCCOCCOCCOCCNC(=O)CCCCC2SCC3NC(=O)NC32)c1. The molecule has 33 heteroatoms. The van der Waals surface area contributed by atoms with Gasteiger partial charge in [0, 0.05) is 129 Å². The number of hydrogen-bond acceptors (Lipinski definition) is 21. The van der Waals surface area contributed by atoms with Crippen LogP contribution in [0.4, 0.5) is 14.4 Å². The third kappa shape index (κ3) is 35.6. The highest BCUT2D eigenvalue weighted by molar-refractivity contribution is 8.00. The average molecular weight is 1470 g/mol. The molecular formula is C67H112N12O18S3. The Kier molecular flexibility index (Phi) is 43.1. The number of unbranched alkanes of at least 4 members (excludes halogenated alkanes) is 4. The number of ether oxygens (including phenoxy) is 9. The molecule has 566 valence electrons. The number of carbonyl (C=O) groups excluding carboxylic acids is 9. The Morgan fingerprint density at radius 2 is 0.730 bits per heavy atom. The van der Waals surface area contributed by atoms with E-state index in [1.165, 1.54) is 18.2 Å². The minimum absolute atomic E-state index is 0.00601. The Morgan fingerprint density at radius 3 is 1.13 bits per heavy atom. The summed E-state index contributed by atoms with van der Waals surface area (Å²) in [5.41, 5.74) is 0.378. The molecule has 8 atom stereocenters. The molecule has 0 saturated carbocycles. The van der Waals surface area contributed by atoms with E-state index in [1.807, 2.05) is 42.2 Å². The zero-order valence-electron chi connectivity index (χ0n) is 58.3. The molecule has 0 aromatic heterocycles. The first-order valence-corrected chi connectivity index (χ1v) is 39.1. The summed E-state index contributed by atoms with van der Waals surface area (Å²) in [7, 11) is 0. The van der Waals surface area contributed by atoms with Crippen LogP contribution < -0.4 is 63.8 Å². The fraction of sp³-hybridized carbons (Fsp3) is 0.776. The number of thioether (sulfide) groups is 3. The van der Waals surface area contributed by atoms with Crippen molar-refractivity contribution in [3.63, 3.8) is 0 Å². The molecule has 12 N–H and O–H groups in total. The lowest BCUT2D eigenvalue weighted by atomic mass is 10.0. The first-order chi connectivity index (χ1) is 48.8. The molecule has 1 aromatic rings. The molecule has 5 aliphatic rings. The first-order valence-electron chi connectivity index (χ1n) is 35.8. The van der Waals surface area contributed by atoms with Crippen LogP contribution in [0.2, 0.25) is 0 Å². The lowest BCUT2D eigenvalue weighted by Gasteiger charge is -2.16. The molecule has 12 amide bonds. The number of carbonyl (C=O) groups is 9. The lowest BCUT2D eigenvalue weighted by Crippen LogP contribution is -2.36. The van der Waals surface area contributed by atoms with E-state index < -0.39 is 17.7 Å². The third-order valence-corrected chi connectivity index (χ3v) is 21.0. The van der Waals surface area contributed by atoms with E-state index in [-0.39, 0.29) is 122 Å². The van der Waals surface area contributed by atoms with E-state index in [9.17, 15) is 43.2 Å². The number of nitrogens with one attached hydrogen (secondary N) is 12. The summed E-state index contributed by atoms with van der Waals surface area (Å²) in [6.07, 6.45) is 11.3. The van der Waals surface area contributed by atoms with Gasteiger partial charge in [0.15, 0.2) is 0 Å². The monoisotopic (exact) mass is 1470 g/mol. The molecule has 0 aliphatic carbocycles. The quantitative estimate of drug-likeness (QED) is 0.0329. The molecule has 100 heavy (non-hydrogen) atoms. The van der Waals surface area contributed by atoms with Crippen molar-refractivity contribution in [1.82, 2.24) is 63.8 Å². The number of benzene rings is 1. The normalized spacial score (nSPS) is 20.3. The van der Waals surface area contributed by atoms with E-state index in [0.29, 0.717) is 174 Å². The zero-order chi connectivity index (χ0) is 71.0. The van der Waals surface area contributed by atoms with Gasteiger partial charge in [-0.3, -0.25) is 28.8 Å². The first kappa shape index (κ1) is 83.5. The second-order valence-corrected chi connectivity index (χ2v) is 28.5. The summed E-state index contributed by atoms with van der Waals surface area (Å²) in [4.78, 5) is 112. The number of amides is 12. The highest BCUT2D eigenvalue weighted by atomic mass is 32.2. The molecular weight excluding hydrogens is 1360 g/mol. The van der Waals surface area contributed by atoms with Crippen molar-refractivity contribution in [2.24, 2.45) is 0 Å². The maximum absolute atomic E-state index is 13.5. The Hall–Kier alpha value is -5.46. The van der Waals surface area contributed by atoms with Crippen molar-refractivity contribution >= 4 is 88.8 Å². The van der Waals surface area contributed by atoms with Gasteiger partial charge in [-0.05, 0) is 88.7 Å². The molecule has 5 saturated heterocycles. The van der Waals surface area contributed by atoms with Crippen LogP contribution in [0.1, 0.15) is 134 Å². The van der Waals surface area contributed by atoms with Crippen LogP contribution in [0.15, 0.2) is 18.2 Å². The van der Waals surface area contributed by atoms with Gasteiger partial charge in [-0.1, -0.05) is 19.3 Å². The van der Waals surface area contributed by atoms with Gasteiger partial charge >= 0.3 is 18.1 Å². The van der Waals surface area contributed by atoms with Crippen molar-refractivity contribution in [2.45, 2.75) is 150 Å². The van der Waals surface area contributed by atoms with Crippen LogP contribution >= 0.6 is 35.3 Å². The highest BCUT2D eigenvalue weighted by Crippen LogP contribution is 2.34. The molecule has 0 radical (unpaired) electrons. The summed E-state index contributed by atoms with van der Waals surface area (Å²) >= 11 is 5.58. The van der Waals surface area contributed by atoms with Gasteiger partial charge in [-0.15, -0.1) is 0 Å². The standard InChI is InChI=1S/C67H112N12O18S3/c1-48-52(75-65(86)74-48)45-98-41-8-2-3-14-57(80)68-17-9-23-89-29-35-95-36-30-90-24-10-18-71-62(83)49-42-50(63(84)72-19-11-25-91-31-37-96-38-32-92-26-20-69-58(81)15-6-4-12-55-60-53(46-99-55)76-66(87)78-60)44-51(43-49)64(85)73-22-28-94-34-40-97-39-33-93-27-21-70-59(82)16-7-5-13-56-61-54(47-100-56)77-67(88)79-61/h42-44,48,52-56,60-61H,2-41,45-47H2,1H3,(H,68,80)(H,69,81)(H,70,82)(H,71,83)(H,72,84)(H,73,85)(H2,74,75,86)(H2,76,78,87)(H2,77,79,88). The van der Waals surface area contributed by atoms with Crippen molar-refractivity contribution in [3.8, 4) is 0 Å². The predicted octanol–water partition coefficient (Wildman–Crippen LogP) is 2.36. The second-order valence-electron chi connectivity index (χ2n) is 24.8. The van der Waals surface area contributed by atoms with Crippen molar-refractivity contribution < 1.29 is 85.8 Å². The van der Waals surface area contributed by atoms with Gasteiger partial charge in [0.05, 0.1) is 129 Å². The largest absolute Gasteiger partial charge is 0.379 e. The van der Waals surface area contributed by atoms with Crippen molar-refractivity contribution in [1.29, 1.82) is 0 Å². The smallest absolute Gasteiger partial charge is 0.315 e. The molecule has 5 aliphatic heterocycles. The zero-order valence-corrected chi connectivity index (χ0v) is 60.8. The molecule has 5 heterocycles. The van der Waals surface area contributed by atoms with E-state index in [2.05, 4.69) is 63.8 Å². The lowest BCUT2D eigenvalue weighted by molar-refractivity contribution is -0.122. The Morgan fingerprint density at radius 1 is 0.390 bits per heavy atom. The fourth-order valence-corrected chi connectivity index (χ4v) is 15.7. The van der Waals surface area contributed by atoms with Crippen molar-refractivity contribution in [3.05, 3.63) is 34.9 Å². The predicted molar refractivity (Wildman–Crippen MR) is 382 cm³/mol. The van der Waals surface area contributed by atoms with Gasteiger partial charge in [-0.2, -0.15) is 35.3 Å². The average Bonchev–Trinajstić information content (AvgIpc) is 1.57. The molecule has 0 spiro atoms. The number of rotatable bonds is 60. The van der Waals surface area contributed by atoms with E-state index in [1.54, 1.807) is 0 Å². The number of hydrogen-bond donors (Lipinski definition) is 12. The summed E-state index contributed by atoms with van der Waals surface area (Å²) < 4.78 is 50.6. The molecule has 1 aromatic carbocycles. The minimum atomic E-state index is -0.497. The summed E-state index contributed by atoms with van der Waals surface area (Å²) in [6, 6.07) is 5.10. The minimum Gasteiger partial charge on any atom is -0.379 e. The summed E-state index contributed by atoms with van der Waals surface area (Å²) in [5.74, 6) is 2.33. The topological polar surface area (TPSA) is 381 Å². The van der Waals surface area contributed by atoms with Gasteiger partial charge in [0.2, 0.25) is 17.7 Å². The Bertz CT molecular complexity index is 2600. The van der Waals surface area contributed by atoms with Gasteiger partial charge < -0.3 is 106 Å². The van der Waals surface area contributed by atoms with Crippen LogP contribution in [0.25, 0.3) is 0 Å². The number of urea groups is 3. The Labute approximate surface area is 601 Å². The third-order valence-electron chi connectivity index (χ3n) is 16.8. The molecule has 8 unspecified atom stereocenters. The molecule has 30 nitrogen and oxygen atoms in total. The fourth-order valence-electron chi connectivity index (χ4n) is 11.4. The van der Waals surface area contributed by atoms with E-state index in [0.717, 1.165) is 80.8 Å². The van der Waals surface area contributed by atoms with Crippen LogP contribution in [0, 0.1) is 0 Å². The molecule has 5 fully saturated rings. The van der Waals surface area contributed by atoms with E-state index >= 15 is 0 Å². The second kappa shape index (κ2) is 51.6. The summed E-state index contributed by atoms with van der Waals surface area (Å²) in [5, 5.41) is 35.7. The molecule has 6 rings (SSSR count). The highest BCUT2D eigenvalue weighted by Gasteiger charge is 2.43. The van der Waals surface area contributed by atoms with Gasteiger partial charge in [0.25, 0.3) is 17.7 Å². The Balaban J connectivity index is 0.761. The van der Waals surface area contributed by atoms with Crippen LogP contribution in [-0.4, -0.2) is 281 Å². The maximum atomic E-state index is 13.5. The van der Waals surface area contributed by atoms with E-state index in [4.69, 9.17) is 42.6 Å². The van der Waals surface area contributed by atoms with Gasteiger partial charge in [0.1, 0.15) is 0 Å². The number of fused-ring (bicyclic) bond motifs is 2. The van der Waals surface area contributed by atoms with Crippen LogP contribution in [0.5, 0.6) is 0 Å². The van der Waals surface area contributed by atoms with Crippen molar-refractivity contribution in [2.75, 3.05) is 181 Å².